The van der Waals surface area contributed by atoms with Crippen molar-refractivity contribution in [1.82, 2.24) is 4.98 Å². The number of carboxylic acid groups (broad SMARTS) is 2. The first-order valence-electron chi connectivity index (χ1n) is 9.93. The molecule has 28 heavy (non-hydrogen) atoms. The van der Waals surface area contributed by atoms with Crippen molar-refractivity contribution in [2.45, 2.75) is 70.4 Å². The molecule has 0 radical (unpaired) electrons. The summed E-state index contributed by atoms with van der Waals surface area (Å²) in [5, 5.41) is 18.5. The molecule has 0 aromatic carbocycles. The zero-order valence-corrected chi connectivity index (χ0v) is 17.4. The van der Waals surface area contributed by atoms with E-state index >= 15 is 0 Å². The molecule has 7 nitrogen and oxygen atoms in total. The maximum absolute atomic E-state index is 13.1. The number of carboxylic acids is 2. The zero-order chi connectivity index (χ0) is 21.0. The van der Waals surface area contributed by atoms with Crippen molar-refractivity contribution < 1.29 is 29.3 Å². The van der Waals surface area contributed by atoms with Gasteiger partial charge in [-0.05, 0) is 37.3 Å². The van der Waals surface area contributed by atoms with E-state index in [0.717, 1.165) is 24.8 Å². The molecule has 158 valence electrons. The topological polar surface area (TPSA) is 125 Å². The van der Waals surface area contributed by atoms with Gasteiger partial charge in [0.15, 0.2) is 0 Å². The van der Waals surface area contributed by atoms with Gasteiger partial charge in [0.25, 0.3) is 0 Å². The molecule has 0 bridgehead atoms. The lowest BCUT2D eigenvalue weighted by molar-refractivity contribution is -0.143. The minimum Gasteiger partial charge on any atom is -0.481 e. The summed E-state index contributed by atoms with van der Waals surface area (Å²) in [7, 11) is -3.75. The molecule has 1 rings (SSSR count). The summed E-state index contributed by atoms with van der Waals surface area (Å²) < 4.78 is 13.1. The number of hydrogen-bond donors (Lipinski definition) is 3. The second kappa shape index (κ2) is 12.7. The number of nitrogens with zero attached hydrogens (tertiary/aromatic N) is 1. The van der Waals surface area contributed by atoms with Gasteiger partial charge in [0.05, 0.1) is 5.92 Å². The van der Waals surface area contributed by atoms with Crippen molar-refractivity contribution in [3.8, 4) is 0 Å². The summed E-state index contributed by atoms with van der Waals surface area (Å²) in [5.74, 6) is -3.41. The molecule has 0 saturated carbocycles. The molecule has 1 aromatic rings. The van der Waals surface area contributed by atoms with Crippen molar-refractivity contribution in [1.29, 1.82) is 0 Å². The van der Waals surface area contributed by atoms with Crippen LogP contribution in [-0.2, 0) is 20.6 Å². The molecule has 0 spiro atoms. The molecular formula is C20H32NO6P. The van der Waals surface area contributed by atoms with Crippen LogP contribution in [0.15, 0.2) is 24.5 Å². The predicted molar refractivity (Wildman–Crippen MR) is 108 cm³/mol. The van der Waals surface area contributed by atoms with Gasteiger partial charge in [-0.1, -0.05) is 38.7 Å². The minimum absolute atomic E-state index is 0.0250. The van der Waals surface area contributed by atoms with Gasteiger partial charge >= 0.3 is 11.9 Å². The highest BCUT2D eigenvalue weighted by Gasteiger charge is 2.40. The highest BCUT2D eigenvalue weighted by atomic mass is 31.2. The summed E-state index contributed by atoms with van der Waals surface area (Å²) in [4.78, 5) is 37.4. The number of aryl methyl sites for hydroxylation is 1. The highest BCUT2D eigenvalue weighted by molar-refractivity contribution is 7.58. The van der Waals surface area contributed by atoms with Crippen LogP contribution in [0.5, 0.6) is 0 Å². The molecular weight excluding hydrogens is 381 g/mol. The van der Waals surface area contributed by atoms with Crippen LogP contribution in [0.25, 0.3) is 0 Å². The fraction of sp³-hybridized carbons (Fsp3) is 0.650. The molecule has 0 aliphatic carbocycles. The summed E-state index contributed by atoms with van der Waals surface area (Å²) >= 11 is 0. The van der Waals surface area contributed by atoms with Crippen LogP contribution in [0.2, 0.25) is 0 Å². The number of carbonyl (C=O) groups is 2. The Labute approximate surface area is 166 Å². The molecule has 3 unspecified atom stereocenters. The quantitative estimate of drug-likeness (QED) is 0.291. The van der Waals surface area contributed by atoms with E-state index in [0.29, 0.717) is 25.7 Å². The SMILES string of the molecule is CCCCCCC(C(CCC(=O)O)C(=O)O)P(=O)(O)CCCc1cccnc1. The Kier molecular flexibility index (Phi) is 11.0. The number of aliphatic carboxylic acids is 2. The van der Waals surface area contributed by atoms with E-state index in [9.17, 15) is 24.2 Å². The van der Waals surface area contributed by atoms with E-state index < -0.39 is 30.9 Å². The fourth-order valence-electron chi connectivity index (χ4n) is 3.45. The summed E-state index contributed by atoms with van der Waals surface area (Å²) in [6, 6.07) is 3.70. The van der Waals surface area contributed by atoms with Crippen molar-refractivity contribution in [3.63, 3.8) is 0 Å². The Balaban J connectivity index is 2.83. The van der Waals surface area contributed by atoms with Crippen LogP contribution in [0, 0.1) is 5.92 Å². The van der Waals surface area contributed by atoms with Gasteiger partial charge in [0.1, 0.15) is 0 Å². The van der Waals surface area contributed by atoms with E-state index in [4.69, 9.17) is 5.11 Å². The maximum atomic E-state index is 13.1. The Morgan fingerprint density at radius 1 is 1.14 bits per heavy atom. The van der Waals surface area contributed by atoms with Crippen LogP contribution in [-0.4, -0.2) is 43.8 Å². The van der Waals surface area contributed by atoms with Crippen molar-refractivity contribution in [3.05, 3.63) is 30.1 Å². The molecule has 3 atom stereocenters. The molecule has 8 heteroatoms. The maximum Gasteiger partial charge on any atom is 0.307 e. The summed E-state index contributed by atoms with van der Waals surface area (Å²) in [6.45, 7) is 2.06. The lowest BCUT2D eigenvalue weighted by Gasteiger charge is -2.28. The van der Waals surface area contributed by atoms with Crippen LogP contribution in [0.3, 0.4) is 0 Å². The van der Waals surface area contributed by atoms with Gasteiger partial charge in [-0.2, -0.15) is 0 Å². The van der Waals surface area contributed by atoms with Crippen LogP contribution in [0.1, 0.15) is 63.9 Å². The number of rotatable bonds is 15. The molecule has 1 aromatic heterocycles. The molecule has 0 aliphatic rings. The standard InChI is InChI=1S/C20H32NO6P/c1-2-3-4-5-10-18(17(20(24)25)11-12-19(22)23)28(26,27)14-7-9-16-8-6-13-21-15-16/h6,8,13,15,17-18H,2-5,7,9-12,14H2,1H3,(H,22,23)(H,24,25)(H,26,27). The van der Waals surface area contributed by atoms with Crippen molar-refractivity contribution >= 4 is 19.3 Å². The summed E-state index contributed by atoms with van der Waals surface area (Å²) in [6.07, 6.45) is 7.84. The third kappa shape index (κ3) is 8.98. The van der Waals surface area contributed by atoms with Crippen LogP contribution >= 0.6 is 7.37 Å². The van der Waals surface area contributed by atoms with Crippen LogP contribution in [0.4, 0.5) is 0 Å². The van der Waals surface area contributed by atoms with E-state index in [-0.39, 0.29) is 19.0 Å². The second-order valence-corrected chi connectivity index (χ2v) is 9.86. The predicted octanol–water partition coefficient (Wildman–Crippen LogP) is 4.19. The van der Waals surface area contributed by atoms with E-state index in [1.54, 1.807) is 18.5 Å². The minimum atomic E-state index is -3.75. The third-order valence-corrected chi connectivity index (χ3v) is 7.60. The smallest absolute Gasteiger partial charge is 0.307 e. The van der Waals surface area contributed by atoms with Crippen molar-refractivity contribution in [2.75, 3.05) is 6.16 Å². The van der Waals surface area contributed by atoms with Crippen LogP contribution < -0.4 is 0 Å². The number of pyridine rings is 1. The molecule has 1 heterocycles. The van der Waals surface area contributed by atoms with Gasteiger partial charge < -0.3 is 15.1 Å². The second-order valence-electron chi connectivity index (χ2n) is 7.24. The molecule has 0 fully saturated rings. The average molecular weight is 413 g/mol. The zero-order valence-electron chi connectivity index (χ0n) is 16.5. The van der Waals surface area contributed by atoms with E-state index in [1.807, 2.05) is 6.07 Å². The van der Waals surface area contributed by atoms with Crippen molar-refractivity contribution in [2.24, 2.45) is 5.92 Å². The lowest BCUT2D eigenvalue weighted by Crippen LogP contribution is -2.30. The van der Waals surface area contributed by atoms with E-state index in [2.05, 4.69) is 11.9 Å². The highest BCUT2D eigenvalue weighted by Crippen LogP contribution is 2.53. The Morgan fingerprint density at radius 2 is 1.89 bits per heavy atom. The van der Waals surface area contributed by atoms with E-state index in [1.165, 1.54) is 0 Å². The van der Waals surface area contributed by atoms with Gasteiger partial charge in [-0.3, -0.25) is 19.1 Å². The van der Waals surface area contributed by atoms with Gasteiger partial charge in [-0.25, -0.2) is 0 Å². The fourth-order valence-corrected chi connectivity index (χ4v) is 5.81. The normalized spacial score (nSPS) is 15.5. The van der Waals surface area contributed by atoms with Gasteiger partial charge in [0.2, 0.25) is 7.37 Å². The third-order valence-electron chi connectivity index (χ3n) is 4.99. The number of hydrogen-bond acceptors (Lipinski definition) is 4. The Bertz CT molecular complexity index is 651. The Hall–Kier alpha value is -1.72. The molecule has 0 amide bonds. The molecule has 0 aliphatic heterocycles. The van der Waals surface area contributed by atoms with Gasteiger partial charge in [0, 0.05) is 30.6 Å². The number of aromatic nitrogens is 1. The molecule has 0 saturated heterocycles. The average Bonchev–Trinajstić information content (AvgIpc) is 2.63. The Morgan fingerprint density at radius 3 is 2.46 bits per heavy atom. The summed E-state index contributed by atoms with van der Waals surface area (Å²) in [5.41, 5.74) is 0.0535. The lowest BCUT2D eigenvalue weighted by atomic mass is 9.95. The molecule has 3 N–H and O–H groups in total. The first kappa shape index (κ1) is 24.3. The van der Waals surface area contributed by atoms with Gasteiger partial charge in [-0.15, -0.1) is 0 Å². The number of unbranched alkanes of at least 4 members (excludes halogenated alkanes) is 3. The first-order chi connectivity index (χ1) is 13.3. The first-order valence-corrected chi connectivity index (χ1v) is 11.8. The largest absolute Gasteiger partial charge is 0.481 e. The monoisotopic (exact) mass is 413 g/mol.